The number of fused-ring (bicyclic) bond motifs is 1. The van der Waals surface area contributed by atoms with Gasteiger partial charge in [-0.25, -0.2) is 0 Å². The van der Waals surface area contributed by atoms with Gasteiger partial charge in [-0.2, -0.15) is 0 Å². The fourth-order valence-corrected chi connectivity index (χ4v) is 5.12. The van der Waals surface area contributed by atoms with Crippen LogP contribution in [-0.2, 0) is 0 Å². The van der Waals surface area contributed by atoms with Crippen LogP contribution in [0.1, 0.15) is 54.1 Å². The van der Waals surface area contributed by atoms with Crippen LogP contribution in [0, 0.1) is 5.92 Å². The lowest BCUT2D eigenvalue weighted by Crippen LogP contribution is -2.53. The van der Waals surface area contributed by atoms with E-state index in [0.29, 0.717) is 5.92 Å². The highest BCUT2D eigenvalue weighted by Gasteiger charge is 2.50. The van der Waals surface area contributed by atoms with E-state index in [1.54, 1.807) is 0 Å². The molecule has 25 heavy (non-hydrogen) atoms. The molecule has 0 radical (unpaired) electrons. The third-order valence-electron chi connectivity index (χ3n) is 5.93. The lowest BCUT2D eigenvalue weighted by molar-refractivity contribution is 0.0279. The van der Waals surface area contributed by atoms with Gasteiger partial charge in [0.05, 0.1) is 10.9 Å². The largest absolute Gasteiger partial charge is 0.331 e. The first kappa shape index (κ1) is 16.7. The van der Waals surface area contributed by atoms with Crippen LogP contribution in [0.2, 0.25) is 0 Å². The molecule has 1 amide bonds. The van der Waals surface area contributed by atoms with Crippen LogP contribution in [0.3, 0.4) is 0 Å². The van der Waals surface area contributed by atoms with Crippen molar-refractivity contribution < 1.29 is 4.79 Å². The summed E-state index contributed by atoms with van der Waals surface area (Å²) in [6.45, 7) is 0.729. The van der Waals surface area contributed by atoms with Crippen LogP contribution in [0.25, 0.3) is 0 Å². The maximum atomic E-state index is 13.2. The Kier molecular flexibility index (Phi) is 4.56. The van der Waals surface area contributed by atoms with Crippen LogP contribution in [0.4, 0.5) is 0 Å². The molecule has 1 heterocycles. The predicted molar refractivity (Wildman–Crippen MR) is 102 cm³/mol. The van der Waals surface area contributed by atoms with Gasteiger partial charge < -0.3 is 4.90 Å². The molecule has 0 aromatic heterocycles. The van der Waals surface area contributed by atoms with Crippen molar-refractivity contribution >= 4 is 17.5 Å². The van der Waals surface area contributed by atoms with Crippen molar-refractivity contribution in [3.8, 4) is 0 Å². The van der Waals surface area contributed by atoms with Gasteiger partial charge in [0.1, 0.15) is 0 Å². The van der Waals surface area contributed by atoms with Crippen LogP contribution in [-0.4, -0.2) is 22.2 Å². The Morgan fingerprint density at radius 1 is 0.960 bits per heavy atom. The van der Waals surface area contributed by atoms with Crippen molar-refractivity contribution in [3.63, 3.8) is 0 Å². The van der Waals surface area contributed by atoms with E-state index < -0.39 is 0 Å². The molecule has 2 nitrogen and oxygen atoms in total. The molecule has 2 fully saturated rings. The number of piperidine rings is 1. The van der Waals surface area contributed by atoms with Crippen molar-refractivity contribution in [2.24, 2.45) is 5.92 Å². The summed E-state index contributed by atoms with van der Waals surface area (Å²) in [5.41, 5.74) is 1.98. The Balaban J connectivity index is 1.74. The normalized spacial score (nSPS) is 29.1. The molecule has 1 saturated heterocycles. The summed E-state index contributed by atoms with van der Waals surface area (Å²) in [5.74, 6) is 0.450. The number of amides is 1. The number of halogens is 1. The monoisotopic (exact) mass is 353 g/mol. The molecule has 0 unspecified atom stereocenters. The second-order valence-electron chi connectivity index (χ2n) is 7.36. The number of carbonyl (C=O) groups is 1. The summed E-state index contributed by atoms with van der Waals surface area (Å²) in [7, 11) is 0. The molecule has 4 rings (SSSR count). The SMILES string of the molecule is O=C(c1ccccc1)N1CC[C@@]2(Cl)CCCC[C@H]2[C@H]1c1ccccc1. The first-order valence-corrected chi connectivity index (χ1v) is 9.67. The molecule has 0 bridgehead atoms. The second-order valence-corrected chi connectivity index (χ2v) is 8.11. The van der Waals surface area contributed by atoms with Crippen LogP contribution in [0.5, 0.6) is 0 Å². The topological polar surface area (TPSA) is 20.3 Å². The minimum atomic E-state index is -0.160. The van der Waals surface area contributed by atoms with E-state index in [4.69, 9.17) is 11.6 Å². The van der Waals surface area contributed by atoms with Crippen molar-refractivity contribution in [1.82, 2.24) is 4.90 Å². The smallest absolute Gasteiger partial charge is 0.254 e. The third kappa shape index (κ3) is 3.08. The maximum Gasteiger partial charge on any atom is 0.254 e. The van der Waals surface area contributed by atoms with Crippen molar-refractivity contribution in [3.05, 3.63) is 71.8 Å². The molecule has 130 valence electrons. The molecule has 2 aromatic carbocycles. The summed E-state index contributed by atoms with van der Waals surface area (Å²) < 4.78 is 0. The predicted octanol–water partition coefficient (Wildman–Crippen LogP) is 5.44. The van der Waals surface area contributed by atoms with Crippen LogP contribution < -0.4 is 0 Å². The molecule has 0 spiro atoms. The molecular formula is C22H24ClNO. The summed E-state index contributed by atoms with van der Waals surface area (Å²) in [6.07, 6.45) is 5.46. The molecule has 2 aromatic rings. The number of hydrogen-bond donors (Lipinski definition) is 0. The molecule has 0 N–H and O–H groups in total. The highest BCUT2D eigenvalue weighted by molar-refractivity contribution is 6.24. The number of nitrogens with zero attached hydrogens (tertiary/aromatic N) is 1. The van der Waals surface area contributed by atoms with Crippen LogP contribution >= 0.6 is 11.6 Å². The summed E-state index contributed by atoms with van der Waals surface area (Å²) in [6, 6.07) is 20.2. The van der Waals surface area contributed by atoms with Crippen molar-refractivity contribution in [2.75, 3.05) is 6.54 Å². The van der Waals surface area contributed by atoms with Gasteiger partial charge >= 0.3 is 0 Å². The highest BCUT2D eigenvalue weighted by Crippen LogP contribution is 2.52. The number of hydrogen-bond acceptors (Lipinski definition) is 1. The molecule has 1 aliphatic carbocycles. The Bertz CT molecular complexity index is 732. The Hall–Kier alpha value is -1.80. The van der Waals surface area contributed by atoms with Gasteiger partial charge in [-0.1, -0.05) is 61.4 Å². The Morgan fingerprint density at radius 2 is 1.64 bits per heavy atom. The van der Waals surface area contributed by atoms with Gasteiger partial charge in [0.2, 0.25) is 0 Å². The number of alkyl halides is 1. The van der Waals surface area contributed by atoms with Gasteiger partial charge in [0.25, 0.3) is 5.91 Å². The number of rotatable bonds is 2. The maximum absolute atomic E-state index is 13.2. The lowest BCUT2D eigenvalue weighted by Gasteiger charge is -2.52. The molecule has 1 aliphatic heterocycles. The highest BCUT2D eigenvalue weighted by atomic mass is 35.5. The van der Waals surface area contributed by atoms with E-state index in [2.05, 4.69) is 29.2 Å². The standard InChI is InChI=1S/C22H24ClNO/c23-22-14-8-7-13-19(22)20(17-9-3-1-4-10-17)24(16-15-22)21(25)18-11-5-2-6-12-18/h1-6,9-12,19-20H,7-8,13-16H2/t19-,20+,22-/m0/s1. The first-order chi connectivity index (χ1) is 12.2. The molecular weight excluding hydrogens is 330 g/mol. The quantitative estimate of drug-likeness (QED) is 0.658. The summed E-state index contributed by atoms with van der Waals surface area (Å²) >= 11 is 7.10. The van der Waals surface area contributed by atoms with E-state index in [0.717, 1.165) is 31.4 Å². The Labute approximate surface area is 154 Å². The summed E-state index contributed by atoms with van der Waals surface area (Å²) in [5, 5.41) is 0. The zero-order valence-electron chi connectivity index (χ0n) is 14.4. The number of carbonyl (C=O) groups excluding carboxylic acids is 1. The molecule has 3 atom stereocenters. The molecule has 1 saturated carbocycles. The van der Waals surface area contributed by atoms with Gasteiger partial charge in [-0.05, 0) is 37.0 Å². The van der Waals surface area contributed by atoms with Gasteiger partial charge in [0.15, 0.2) is 0 Å². The zero-order chi connectivity index (χ0) is 17.3. The zero-order valence-corrected chi connectivity index (χ0v) is 15.2. The van der Waals surface area contributed by atoms with Gasteiger partial charge in [-0.15, -0.1) is 11.6 Å². The van der Waals surface area contributed by atoms with Gasteiger partial charge in [0, 0.05) is 18.0 Å². The average Bonchev–Trinajstić information content (AvgIpc) is 2.67. The van der Waals surface area contributed by atoms with Crippen molar-refractivity contribution in [1.29, 1.82) is 0 Å². The molecule has 2 aliphatic rings. The minimum Gasteiger partial charge on any atom is -0.331 e. The summed E-state index contributed by atoms with van der Waals surface area (Å²) in [4.78, 5) is 15.2. The molecule has 3 heteroatoms. The van der Waals surface area contributed by atoms with E-state index in [1.165, 1.54) is 18.4 Å². The second kappa shape index (κ2) is 6.84. The number of likely N-dealkylation sites (tertiary alicyclic amines) is 1. The Morgan fingerprint density at radius 3 is 2.36 bits per heavy atom. The van der Waals surface area contributed by atoms with E-state index in [-0.39, 0.29) is 16.8 Å². The number of benzene rings is 2. The average molecular weight is 354 g/mol. The lowest BCUT2D eigenvalue weighted by atomic mass is 9.68. The van der Waals surface area contributed by atoms with E-state index in [9.17, 15) is 4.79 Å². The fraction of sp³-hybridized carbons (Fsp3) is 0.409. The van der Waals surface area contributed by atoms with Crippen LogP contribution in [0.15, 0.2) is 60.7 Å². The fourth-order valence-electron chi connectivity index (χ4n) is 4.68. The van der Waals surface area contributed by atoms with Crippen molar-refractivity contribution in [2.45, 2.75) is 43.0 Å². The first-order valence-electron chi connectivity index (χ1n) is 9.29. The minimum absolute atomic E-state index is 0.0699. The van der Waals surface area contributed by atoms with Gasteiger partial charge in [-0.3, -0.25) is 4.79 Å². The third-order valence-corrected chi connectivity index (χ3v) is 6.59. The van der Waals surface area contributed by atoms with E-state index in [1.807, 2.05) is 36.4 Å². The van der Waals surface area contributed by atoms with E-state index >= 15 is 0 Å².